The summed E-state index contributed by atoms with van der Waals surface area (Å²) < 4.78 is 19.1. The summed E-state index contributed by atoms with van der Waals surface area (Å²) in [7, 11) is 0. The minimum Gasteiger partial charge on any atom is -0.377 e. The van der Waals surface area contributed by atoms with Crippen molar-refractivity contribution in [2.24, 2.45) is 0 Å². The highest BCUT2D eigenvalue weighted by atomic mass is 35.5. The van der Waals surface area contributed by atoms with E-state index in [2.05, 4.69) is 12.2 Å². The lowest BCUT2D eigenvalue weighted by Gasteiger charge is -2.29. The molecule has 0 amide bonds. The van der Waals surface area contributed by atoms with Gasteiger partial charge in [-0.3, -0.25) is 0 Å². The van der Waals surface area contributed by atoms with Crippen LogP contribution >= 0.6 is 11.6 Å². The predicted molar refractivity (Wildman–Crippen MR) is 66.7 cm³/mol. The van der Waals surface area contributed by atoms with Crippen LogP contribution in [0.1, 0.15) is 25.8 Å². The van der Waals surface area contributed by atoms with Gasteiger partial charge in [-0.25, -0.2) is 4.39 Å². The summed E-state index contributed by atoms with van der Waals surface area (Å²) in [6, 6.07) is 4.62. The fraction of sp³-hybridized carbons (Fsp3) is 0.538. The lowest BCUT2D eigenvalue weighted by Crippen LogP contribution is -2.47. The van der Waals surface area contributed by atoms with Crippen LogP contribution in [0.25, 0.3) is 0 Å². The summed E-state index contributed by atoms with van der Waals surface area (Å²) in [5.41, 5.74) is 0.507. The van der Waals surface area contributed by atoms with Gasteiger partial charge in [-0.1, -0.05) is 11.6 Å². The van der Waals surface area contributed by atoms with E-state index >= 15 is 0 Å². The second-order valence-electron chi connectivity index (χ2n) is 4.77. The zero-order chi connectivity index (χ0) is 12.5. The van der Waals surface area contributed by atoms with Gasteiger partial charge in [0.1, 0.15) is 5.82 Å². The molecule has 1 saturated heterocycles. The van der Waals surface area contributed by atoms with Crippen LogP contribution in [-0.4, -0.2) is 18.2 Å². The molecule has 1 N–H and O–H groups in total. The zero-order valence-corrected chi connectivity index (χ0v) is 10.9. The Labute approximate surface area is 106 Å². The van der Waals surface area contributed by atoms with E-state index in [4.69, 9.17) is 16.3 Å². The van der Waals surface area contributed by atoms with Gasteiger partial charge in [0.05, 0.1) is 6.10 Å². The van der Waals surface area contributed by atoms with Crippen molar-refractivity contribution < 1.29 is 9.13 Å². The maximum absolute atomic E-state index is 13.5. The number of hydrogen-bond donors (Lipinski definition) is 1. The standard InChI is InChI=1S/C13H17ClFNO/c1-9-13(2,5-6-17-9)16-8-10-7-11(14)3-4-12(10)15/h3-4,7,9,16H,5-6,8H2,1-2H3. The molecule has 2 unspecified atom stereocenters. The Kier molecular flexibility index (Phi) is 3.71. The molecule has 94 valence electrons. The van der Waals surface area contributed by atoms with Gasteiger partial charge in [0.25, 0.3) is 0 Å². The second-order valence-corrected chi connectivity index (χ2v) is 5.21. The fourth-order valence-electron chi connectivity index (χ4n) is 2.04. The van der Waals surface area contributed by atoms with E-state index in [0.29, 0.717) is 17.1 Å². The van der Waals surface area contributed by atoms with Gasteiger partial charge < -0.3 is 10.1 Å². The first-order valence-electron chi connectivity index (χ1n) is 5.82. The molecule has 0 radical (unpaired) electrons. The first-order chi connectivity index (χ1) is 8.01. The molecule has 2 rings (SSSR count). The Balaban J connectivity index is 2.04. The molecule has 1 aromatic carbocycles. The minimum absolute atomic E-state index is 0.0885. The number of rotatable bonds is 3. The van der Waals surface area contributed by atoms with Gasteiger partial charge in [-0.05, 0) is 38.5 Å². The lowest BCUT2D eigenvalue weighted by molar-refractivity contribution is 0.0880. The molecule has 1 heterocycles. The third-order valence-electron chi connectivity index (χ3n) is 3.58. The highest BCUT2D eigenvalue weighted by molar-refractivity contribution is 6.30. The largest absolute Gasteiger partial charge is 0.377 e. The summed E-state index contributed by atoms with van der Waals surface area (Å²) in [5.74, 6) is -0.225. The van der Waals surface area contributed by atoms with Crippen molar-refractivity contribution in [3.8, 4) is 0 Å². The maximum atomic E-state index is 13.5. The van der Waals surface area contributed by atoms with Crippen LogP contribution in [0.3, 0.4) is 0 Å². The Bertz CT molecular complexity index is 412. The van der Waals surface area contributed by atoms with Gasteiger partial charge in [0.2, 0.25) is 0 Å². The normalized spacial score (nSPS) is 28.6. The van der Waals surface area contributed by atoms with Crippen molar-refractivity contribution in [1.82, 2.24) is 5.32 Å². The molecule has 2 nitrogen and oxygen atoms in total. The van der Waals surface area contributed by atoms with Crippen LogP contribution in [0.4, 0.5) is 4.39 Å². The molecule has 0 aromatic heterocycles. The maximum Gasteiger partial charge on any atom is 0.127 e. The van der Waals surface area contributed by atoms with Crippen LogP contribution in [-0.2, 0) is 11.3 Å². The third-order valence-corrected chi connectivity index (χ3v) is 3.81. The van der Waals surface area contributed by atoms with E-state index in [9.17, 15) is 4.39 Å². The van der Waals surface area contributed by atoms with Crippen molar-refractivity contribution in [3.63, 3.8) is 0 Å². The van der Waals surface area contributed by atoms with E-state index in [0.717, 1.165) is 13.0 Å². The topological polar surface area (TPSA) is 21.3 Å². The molecular formula is C13H17ClFNO. The molecule has 0 saturated carbocycles. The summed E-state index contributed by atoms with van der Waals surface area (Å²) in [6.07, 6.45) is 1.08. The van der Waals surface area contributed by atoms with Crippen molar-refractivity contribution in [2.45, 2.75) is 38.5 Å². The monoisotopic (exact) mass is 257 g/mol. The molecule has 1 fully saturated rings. The second kappa shape index (κ2) is 4.92. The average Bonchev–Trinajstić information content (AvgIpc) is 2.61. The van der Waals surface area contributed by atoms with Gasteiger partial charge >= 0.3 is 0 Å². The predicted octanol–water partition coefficient (Wildman–Crippen LogP) is 3.14. The minimum atomic E-state index is -0.225. The van der Waals surface area contributed by atoms with Crippen LogP contribution in [0, 0.1) is 5.82 Å². The Hall–Kier alpha value is -0.640. The highest BCUT2D eigenvalue weighted by Crippen LogP contribution is 2.26. The fourth-order valence-corrected chi connectivity index (χ4v) is 2.24. The quantitative estimate of drug-likeness (QED) is 0.898. The first-order valence-corrected chi connectivity index (χ1v) is 6.20. The number of benzene rings is 1. The van der Waals surface area contributed by atoms with Crippen LogP contribution in [0.5, 0.6) is 0 Å². The Morgan fingerprint density at radius 3 is 3.00 bits per heavy atom. The van der Waals surface area contributed by atoms with Gasteiger partial charge in [0, 0.05) is 29.3 Å². The van der Waals surface area contributed by atoms with Crippen molar-refractivity contribution >= 4 is 11.6 Å². The lowest BCUT2D eigenvalue weighted by atomic mass is 9.94. The summed E-state index contributed by atoms with van der Waals surface area (Å²) in [4.78, 5) is 0. The molecule has 1 aliphatic heterocycles. The molecule has 0 aliphatic carbocycles. The Morgan fingerprint density at radius 2 is 2.35 bits per heavy atom. The molecule has 4 heteroatoms. The average molecular weight is 258 g/mol. The number of nitrogens with one attached hydrogen (secondary N) is 1. The molecule has 1 aromatic rings. The Morgan fingerprint density at radius 1 is 1.59 bits per heavy atom. The van der Waals surface area contributed by atoms with Crippen molar-refractivity contribution in [2.75, 3.05) is 6.61 Å². The van der Waals surface area contributed by atoms with Crippen LogP contribution in [0.15, 0.2) is 18.2 Å². The molecule has 2 atom stereocenters. The number of ether oxygens (including phenoxy) is 1. The molecule has 0 bridgehead atoms. The molecular weight excluding hydrogens is 241 g/mol. The van der Waals surface area contributed by atoms with Crippen LogP contribution < -0.4 is 5.32 Å². The molecule has 1 aliphatic rings. The van der Waals surface area contributed by atoms with Crippen LogP contribution in [0.2, 0.25) is 5.02 Å². The highest BCUT2D eigenvalue weighted by Gasteiger charge is 2.36. The van der Waals surface area contributed by atoms with E-state index < -0.39 is 0 Å². The molecule has 0 spiro atoms. The van der Waals surface area contributed by atoms with E-state index in [1.165, 1.54) is 6.07 Å². The summed E-state index contributed by atoms with van der Waals surface area (Å²) in [6.45, 7) is 5.36. The van der Waals surface area contributed by atoms with Crippen molar-refractivity contribution in [3.05, 3.63) is 34.6 Å². The van der Waals surface area contributed by atoms with Crippen molar-refractivity contribution in [1.29, 1.82) is 0 Å². The SMILES string of the molecule is CC1OCCC1(C)NCc1cc(Cl)ccc1F. The first kappa shape index (κ1) is 12.8. The number of halogens is 2. The van der Waals surface area contributed by atoms with Gasteiger partial charge in [-0.15, -0.1) is 0 Å². The van der Waals surface area contributed by atoms with E-state index in [1.54, 1.807) is 12.1 Å². The summed E-state index contributed by atoms with van der Waals surface area (Å²) in [5, 5.41) is 3.93. The van der Waals surface area contributed by atoms with E-state index in [1.807, 2.05) is 6.92 Å². The van der Waals surface area contributed by atoms with Gasteiger partial charge in [-0.2, -0.15) is 0 Å². The van der Waals surface area contributed by atoms with E-state index in [-0.39, 0.29) is 17.5 Å². The zero-order valence-electron chi connectivity index (χ0n) is 10.1. The van der Waals surface area contributed by atoms with Gasteiger partial charge in [0.15, 0.2) is 0 Å². The summed E-state index contributed by atoms with van der Waals surface area (Å²) >= 11 is 5.86. The number of hydrogen-bond acceptors (Lipinski definition) is 2. The molecule has 17 heavy (non-hydrogen) atoms. The smallest absolute Gasteiger partial charge is 0.127 e. The third kappa shape index (κ3) is 2.79.